The van der Waals surface area contributed by atoms with Crippen molar-refractivity contribution in [2.24, 2.45) is 0 Å². The lowest BCUT2D eigenvalue weighted by molar-refractivity contribution is -0.0304. The average molecular weight is 299 g/mol. The Bertz CT molecular complexity index is 539. The molecular formula is C14H21NO4S. The van der Waals surface area contributed by atoms with Gasteiger partial charge in [0.05, 0.1) is 24.2 Å². The van der Waals surface area contributed by atoms with Crippen molar-refractivity contribution in [3.05, 3.63) is 29.8 Å². The second-order valence-corrected chi connectivity index (χ2v) is 7.20. The highest BCUT2D eigenvalue weighted by atomic mass is 32.2. The zero-order valence-corrected chi connectivity index (χ0v) is 12.6. The summed E-state index contributed by atoms with van der Waals surface area (Å²) in [6.45, 7) is 4.80. The second-order valence-electron chi connectivity index (χ2n) is 5.26. The van der Waals surface area contributed by atoms with Crippen molar-refractivity contribution < 1.29 is 18.3 Å². The number of aliphatic hydroxyl groups excluding tert-OH is 1. The monoisotopic (exact) mass is 299 g/mol. The molecule has 1 aliphatic heterocycles. The van der Waals surface area contributed by atoms with Crippen LogP contribution in [0.2, 0.25) is 0 Å². The fourth-order valence-corrected chi connectivity index (χ4v) is 3.65. The minimum absolute atomic E-state index is 0.168. The third-order valence-electron chi connectivity index (χ3n) is 3.49. The summed E-state index contributed by atoms with van der Waals surface area (Å²) in [5, 5.41) is 9.10. The Kier molecular flexibility index (Phi) is 4.80. The number of rotatable bonds is 4. The third kappa shape index (κ3) is 3.20. The highest BCUT2D eigenvalue weighted by molar-refractivity contribution is 7.89. The van der Waals surface area contributed by atoms with Gasteiger partial charge in [-0.2, -0.15) is 4.31 Å². The molecule has 1 aliphatic rings. The number of morpholine rings is 1. The average Bonchev–Trinajstić information content (AvgIpc) is 2.47. The first-order valence-corrected chi connectivity index (χ1v) is 8.21. The summed E-state index contributed by atoms with van der Waals surface area (Å²) < 4.78 is 31.7. The quantitative estimate of drug-likeness (QED) is 0.907. The van der Waals surface area contributed by atoms with E-state index in [1.54, 1.807) is 12.1 Å². The van der Waals surface area contributed by atoms with E-state index < -0.39 is 16.1 Å². The molecule has 0 amide bonds. The Balaban J connectivity index is 2.21. The molecule has 1 aromatic carbocycles. The molecule has 0 aromatic heterocycles. The molecule has 0 saturated carbocycles. The van der Waals surface area contributed by atoms with Crippen LogP contribution in [0.15, 0.2) is 29.2 Å². The fourth-order valence-electron chi connectivity index (χ4n) is 2.19. The van der Waals surface area contributed by atoms with Crippen LogP contribution in [0.5, 0.6) is 0 Å². The first kappa shape index (κ1) is 15.4. The molecule has 1 aromatic rings. The smallest absolute Gasteiger partial charge is 0.243 e. The van der Waals surface area contributed by atoms with Gasteiger partial charge in [0, 0.05) is 13.1 Å². The molecule has 1 atom stereocenters. The van der Waals surface area contributed by atoms with Gasteiger partial charge < -0.3 is 9.84 Å². The van der Waals surface area contributed by atoms with Crippen LogP contribution in [0.3, 0.4) is 0 Å². The maximum absolute atomic E-state index is 12.5. The van der Waals surface area contributed by atoms with E-state index in [2.05, 4.69) is 13.8 Å². The molecule has 1 N–H and O–H groups in total. The number of hydrogen-bond donors (Lipinski definition) is 1. The van der Waals surface area contributed by atoms with Crippen molar-refractivity contribution in [3.63, 3.8) is 0 Å². The van der Waals surface area contributed by atoms with Gasteiger partial charge in [-0.25, -0.2) is 8.42 Å². The van der Waals surface area contributed by atoms with E-state index >= 15 is 0 Å². The second kappa shape index (κ2) is 6.22. The van der Waals surface area contributed by atoms with Gasteiger partial charge in [-0.05, 0) is 23.6 Å². The summed E-state index contributed by atoms with van der Waals surface area (Å²) in [7, 11) is -3.51. The first-order chi connectivity index (χ1) is 9.45. The van der Waals surface area contributed by atoms with Crippen LogP contribution >= 0.6 is 0 Å². The maximum atomic E-state index is 12.5. The number of nitrogens with zero attached hydrogens (tertiary/aromatic N) is 1. The summed E-state index contributed by atoms with van der Waals surface area (Å²) in [5.74, 6) is 0.369. The largest absolute Gasteiger partial charge is 0.394 e. The van der Waals surface area contributed by atoms with Gasteiger partial charge in [-0.3, -0.25) is 0 Å². The van der Waals surface area contributed by atoms with Crippen LogP contribution in [0.4, 0.5) is 0 Å². The molecule has 0 aliphatic carbocycles. The highest BCUT2D eigenvalue weighted by Crippen LogP contribution is 2.21. The van der Waals surface area contributed by atoms with Gasteiger partial charge in [-0.1, -0.05) is 26.0 Å². The summed E-state index contributed by atoms with van der Waals surface area (Å²) in [6.07, 6.45) is -0.437. The van der Waals surface area contributed by atoms with E-state index in [0.29, 0.717) is 24.0 Å². The number of aliphatic hydroxyl groups is 1. The minimum Gasteiger partial charge on any atom is -0.394 e. The predicted octanol–water partition coefficient (Wildman–Crippen LogP) is 1.19. The Morgan fingerprint density at radius 2 is 2.00 bits per heavy atom. The summed E-state index contributed by atoms with van der Waals surface area (Å²) in [5.41, 5.74) is 1.11. The molecule has 1 heterocycles. The summed E-state index contributed by atoms with van der Waals surface area (Å²) >= 11 is 0. The van der Waals surface area contributed by atoms with Crippen molar-refractivity contribution in [1.29, 1.82) is 0 Å². The zero-order valence-electron chi connectivity index (χ0n) is 11.8. The van der Waals surface area contributed by atoms with Crippen LogP contribution < -0.4 is 0 Å². The van der Waals surface area contributed by atoms with E-state index in [1.165, 1.54) is 4.31 Å². The lowest BCUT2D eigenvalue weighted by Gasteiger charge is -2.31. The number of sulfonamides is 1. The maximum Gasteiger partial charge on any atom is 0.243 e. The molecule has 112 valence electrons. The van der Waals surface area contributed by atoms with Gasteiger partial charge in [0.1, 0.15) is 0 Å². The van der Waals surface area contributed by atoms with Crippen LogP contribution in [-0.4, -0.2) is 50.2 Å². The molecule has 5 nitrogen and oxygen atoms in total. The van der Waals surface area contributed by atoms with Gasteiger partial charge in [0.2, 0.25) is 10.0 Å². The SMILES string of the molecule is CC(C)c1ccc(S(=O)(=O)N2CCOC(CO)C2)cc1. The van der Waals surface area contributed by atoms with Gasteiger partial charge in [0.15, 0.2) is 0 Å². The molecule has 1 unspecified atom stereocenters. The Hall–Kier alpha value is -0.950. The molecule has 0 radical (unpaired) electrons. The van der Waals surface area contributed by atoms with Crippen LogP contribution in [-0.2, 0) is 14.8 Å². The van der Waals surface area contributed by atoms with Crippen molar-refractivity contribution in [3.8, 4) is 0 Å². The molecule has 20 heavy (non-hydrogen) atoms. The van der Waals surface area contributed by atoms with Crippen LogP contribution in [0.1, 0.15) is 25.3 Å². The first-order valence-electron chi connectivity index (χ1n) is 6.77. The van der Waals surface area contributed by atoms with E-state index in [9.17, 15) is 8.42 Å². The van der Waals surface area contributed by atoms with E-state index in [1.807, 2.05) is 12.1 Å². The van der Waals surface area contributed by atoms with Crippen molar-refractivity contribution >= 4 is 10.0 Å². The molecular weight excluding hydrogens is 278 g/mol. The lowest BCUT2D eigenvalue weighted by Crippen LogP contribution is -2.46. The fraction of sp³-hybridized carbons (Fsp3) is 0.571. The minimum atomic E-state index is -3.51. The highest BCUT2D eigenvalue weighted by Gasteiger charge is 2.30. The number of benzene rings is 1. The number of hydrogen-bond acceptors (Lipinski definition) is 4. The van der Waals surface area contributed by atoms with E-state index in [0.717, 1.165) is 5.56 Å². The third-order valence-corrected chi connectivity index (χ3v) is 5.37. The molecule has 0 bridgehead atoms. The van der Waals surface area contributed by atoms with Crippen molar-refractivity contribution in [2.45, 2.75) is 30.8 Å². The van der Waals surface area contributed by atoms with Crippen molar-refractivity contribution in [1.82, 2.24) is 4.31 Å². The lowest BCUT2D eigenvalue weighted by atomic mass is 10.0. The summed E-state index contributed by atoms with van der Waals surface area (Å²) in [6, 6.07) is 6.99. The molecule has 0 spiro atoms. The molecule has 1 fully saturated rings. The van der Waals surface area contributed by atoms with Crippen molar-refractivity contribution in [2.75, 3.05) is 26.3 Å². The Morgan fingerprint density at radius 1 is 1.35 bits per heavy atom. The summed E-state index contributed by atoms with van der Waals surface area (Å²) in [4.78, 5) is 0.292. The molecule has 1 saturated heterocycles. The van der Waals surface area contributed by atoms with E-state index in [4.69, 9.17) is 9.84 Å². The van der Waals surface area contributed by atoms with Gasteiger partial charge in [-0.15, -0.1) is 0 Å². The Labute approximate surface area is 120 Å². The van der Waals surface area contributed by atoms with Crippen LogP contribution in [0, 0.1) is 0 Å². The standard InChI is InChI=1S/C14H21NO4S/c1-11(2)12-3-5-14(6-4-12)20(17,18)15-7-8-19-13(9-15)10-16/h3-6,11,13,16H,7-10H2,1-2H3. The topological polar surface area (TPSA) is 66.8 Å². The number of ether oxygens (including phenoxy) is 1. The predicted molar refractivity (Wildman–Crippen MR) is 76.1 cm³/mol. The normalized spacial score (nSPS) is 21.3. The van der Waals surface area contributed by atoms with Crippen LogP contribution in [0.25, 0.3) is 0 Å². The molecule has 6 heteroatoms. The zero-order chi connectivity index (χ0) is 14.8. The molecule has 2 rings (SSSR count). The van der Waals surface area contributed by atoms with E-state index in [-0.39, 0.29) is 13.2 Å². The van der Waals surface area contributed by atoms with Gasteiger partial charge in [0.25, 0.3) is 0 Å². The Morgan fingerprint density at radius 3 is 2.55 bits per heavy atom. The van der Waals surface area contributed by atoms with Gasteiger partial charge >= 0.3 is 0 Å².